The van der Waals surface area contributed by atoms with Crippen LogP contribution in [0.5, 0.6) is 0 Å². The van der Waals surface area contributed by atoms with Crippen LogP contribution in [0.25, 0.3) is 0 Å². The van der Waals surface area contributed by atoms with E-state index in [0.717, 1.165) is 45.2 Å². The fourth-order valence-electron chi connectivity index (χ4n) is 3.00. The van der Waals surface area contributed by atoms with Crippen LogP contribution in [0.1, 0.15) is 33.1 Å². The summed E-state index contributed by atoms with van der Waals surface area (Å²) < 4.78 is 0. The summed E-state index contributed by atoms with van der Waals surface area (Å²) in [6, 6.07) is 0.650. The molecule has 2 aliphatic rings. The molecule has 0 radical (unpaired) electrons. The van der Waals surface area contributed by atoms with E-state index < -0.39 is 0 Å². The Morgan fingerprint density at radius 3 is 2.58 bits per heavy atom. The molecule has 2 heterocycles. The summed E-state index contributed by atoms with van der Waals surface area (Å²) in [6.07, 6.45) is 3.31. The second-order valence-corrected chi connectivity index (χ2v) is 5.91. The van der Waals surface area contributed by atoms with Crippen molar-refractivity contribution in [3.8, 4) is 0 Å². The Balaban J connectivity index is 0.00000180. The number of carbonyl (C=O) groups excluding carboxylic acids is 1. The number of likely N-dealkylation sites (tertiary alicyclic amines) is 1. The molecular formula is C14H28ClN3O. The highest BCUT2D eigenvalue weighted by Gasteiger charge is 2.24. The Bertz CT molecular complexity index is 282. The van der Waals surface area contributed by atoms with E-state index in [0.29, 0.717) is 18.4 Å². The minimum Gasteiger partial charge on any atom is -0.340 e. The monoisotopic (exact) mass is 289 g/mol. The first-order valence-electron chi connectivity index (χ1n) is 7.39. The van der Waals surface area contributed by atoms with Gasteiger partial charge in [-0.3, -0.25) is 9.69 Å². The highest BCUT2D eigenvalue weighted by atomic mass is 35.5. The summed E-state index contributed by atoms with van der Waals surface area (Å²) in [5.74, 6) is 1.12. The van der Waals surface area contributed by atoms with Crippen LogP contribution in [0.15, 0.2) is 0 Å². The molecule has 0 aromatic carbocycles. The first kappa shape index (κ1) is 16.7. The average molecular weight is 290 g/mol. The Morgan fingerprint density at radius 2 is 1.89 bits per heavy atom. The molecule has 2 atom stereocenters. The van der Waals surface area contributed by atoms with E-state index in [1.807, 2.05) is 4.90 Å². The molecular weight excluding hydrogens is 262 g/mol. The molecule has 19 heavy (non-hydrogen) atoms. The highest BCUT2D eigenvalue weighted by molar-refractivity contribution is 5.85. The van der Waals surface area contributed by atoms with Crippen molar-refractivity contribution in [3.05, 3.63) is 0 Å². The second kappa shape index (κ2) is 8.08. The van der Waals surface area contributed by atoms with Crippen LogP contribution in [-0.4, -0.2) is 61.0 Å². The Hall–Kier alpha value is -0.320. The topological polar surface area (TPSA) is 35.6 Å². The van der Waals surface area contributed by atoms with E-state index in [1.165, 1.54) is 12.8 Å². The van der Waals surface area contributed by atoms with E-state index in [4.69, 9.17) is 0 Å². The molecule has 2 unspecified atom stereocenters. The summed E-state index contributed by atoms with van der Waals surface area (Å²) in [7, 11) is 0. The molecule has 0 aliphatic carbocycles. The molecule has 2 rings (SSSR count). The zero-order chi connectivity index (χ0) is 13.0. The lowest BCUT2D eigenvalue weighted by molar-refractivity contribution is -0.132. The molecule has 2 fully saturated rings. The normalized spacial score (nSPS) is 28.8. The van der Waals surface area contributed by atoms with Crippen molar-refractivity contribution < 1.29 is 4.79 Å². The molecule has 0 aromatic rings. The predicted octanol–water partition coefficient (Wildman–Crippen LogP) is 1.35. The van der Waals surface area contributed by atoms with Gasteiger partial charge in [-0.2, -0.15) is 0 Å². The van der Waals surface area contributed by atoms with Gasteiger partial charge in [0.1, 0.15) is 0 Å². The average Bonchev–Trinajstić information content (AvgIpc) is 2.40. The molecule has 1 N–H and O–H groups in total. The van der Waals surface area contributed by atoms with E-state index in [9.17, 15) is 4.79 Å². The van der Waals surface area contributed by atoms with Crippen molar-refractivity contribution in [1.29, 1.82) is 0 Å². The third-order valence-corrected chi connectivity index (χ3v) is 4.33. The summed E-state index contributed by atoms with van der Waals surface area (Å²) in [5.41, 5.74) is 0. The Morgan fingerprint density at radius 1 is 1.21 bits per heavy atom. The van der Waals surface area contributed by atoms with Gasteiger partial charge in [-0.15, -0.1) is 12.4 Å². The van der Waals surface area contributed by atoms with Crippen molar-refractivity contribution in [3.63, 3.8) is 0 Å². The van der Waals surface area contributed by atoms with Crippen molar-refractivity contribution in [2.75, 3.05) is 39.3 Å². The van der Waals surface area contributed by atoms with Crippen LogP contribution in [0.3, 0.4) is 0 Å². The van der Waals surface area contributed by atoms with Crippen LogP contribution < -0.4 is 5.32 Å². The quantitative estimate of drug-likeness (QED) is 0.852. The smallest absolute Gasteiger partial charge is 0.223 e. The molecule has 2 aliphatic heterocycles. The van der Waals surface area contributed by atoms with Gasteiger partial charge in [0.25, 0.3) is 0 Å². The summed E-state index contributed by atoms with van der Waals surface area (Å²) in [4.78, 5) is 16.6. The number of amides is 1. The highest BCUT2D eigenvalue weighted by Crippen LogP contribution is 2.21. The SMILES string of the molecule is CC1CCC(C)N(CCC(=O)N2CCNCC2)C1.Cl. The van der Waals surface area contributed by atoms with Crippen molar-refractivity contribution in [2.45, 2.75) is 39.2 Å². The lowest BCUT2D eigenvalue weighted by atomic mass is 9.95. The van der Waals surface area contributed by atoms with Gasteiger partial charge < -0.3 is 10.2 Å². The summed E-state index contributed by atoms with van der Waals surface area (Å²) >= 11 is 0. The van der Waals surface area contributed by atoms with Crippen molar-refractivity contribution in [1.82, 2.24) is 15.1 Å². The number of hydrogen-bond acceptors (Lipinski definition) is 3. The Labute approximate surface area is 123 Å². The van der Waals surface area contributed by atoms with Gasteiger partial charge in [-0.25, -0.2) is 0 Å². The molecule has 0 bridgehead atoms. The number of hydrogen-bond donors (Lipinski definition) is 1. The predicted molar refractivity (Wildman–Crippen MR) is 80.7 cm³/mol. The number of piperazine rings is 1. The van der Waals surface area contributed by atoms with Crippen LogP contribution >= 0.6 is 12.4 Å². The molecule has 4 nitrogen and oxygen atoms in total. The number of nitrogens with zero attached hydrogens (tertiary/aromatic N) is 2. The first-order chi connectivity index (χ1) is 8.66. The maximum absolute atomic E-state index is 12.1. The zero-order valence-electron chi connectivity index (χ0n) is 12.2. The van der Waals surface area contributed by atoms with Crippen molar-refractivity contribution >= 4 is 18.3 Å². The largest absolute Gasteiger partial charge is 0.340 e. The zero-order valence-corrected chi connectivity index (χ0v) is 13.0. The van der Waals surface area contributed by atoms with Crippen LogP contribution in [0.4, 0.5) is 0 Å². The fraction of sp³-hybridized carbons (Fsp3) is 0.929. The minimum absolute atomic E-state index is 0. The van der Waals surface area contributed by atoms with Crippen LogP contribution in [0, 0.1) is 5.92 Å². The molecule has 0 spiro atoms. The van der Waals surface area contributed by atoms with E-state index in [1.54, 1.807) is 0 Å². The number of rotatable bonds is 3. The maximum Gasteiger partial charge on any atom is 0.223 e. The summed E-state index contributed by atoms with van der Waals surface area (Å²) in [6.45, 7) is 10.4. The van der Waals surface area contributed by atoms with Gasteiger partial charge in [-0.1, -0.05) is 6.92 Å². The lowest BCUT2D eigenvalue weighted by Crippen LogP contribution is -2.48. The van der Waals surface area contributed by atoms with Crippen LogP contribution in [0.2, 0.25) is 0 Å². The molecule has 2 saturated heterocycles. The van der Waals surface area contributed by atoms with Gasteiger partial charge in [0, 0.05) is 51.7 Å². The van der Waals surface area contributed by atoms with E-state index in [-0.39, 0.29) is 12.4 Å². The Kier molecular flexibility index (Phi) is 7.11. The number of halogens is 1. The second-order valence-electron chi connectivity index (χ2n) is 5.91. The van der Waals surface area contributed by atoms with E-state index in [2.05, 4.69) is 24.1 Å². The number of piperidine rings is 1. The molecule has 1 amide bonds. The van der Waals surface area contributed by atoms with E-state index >= 15 is 0 Å². The van der Waals surface area contributed by atoms with Gasteiger partial charge >= 0.3 is 0 Å². The standard InChI is InChI=1S/C14H27N3O.ClH/c1-12-3-4-13(2)17(11-12)8-5-14(18)16-9-6-15-7-10-16;/h12-13,15H,3-11H2,1-2H3;1H. The lowest BCUT2D eigenvalue weighted by Gasteiger charge is -2.37. The van der Waals surface area contributed by atoms with Gasteiger partial charge in [0.2, 0.25) is 5.91 Å². The molecule has 0 saturated carbocycles. The van der Waals surface area contributed by atoms with Gasteiger partial charge in [0.15, 0.2) is 0 Å². The van der Waals surface area contributed by atoms with Crippen LogP contribution in [-0.2, 0) is 4.79 Å². The van der Waals surface area contributed by atoms with Gasteiger partial charge in [-0.05, 0) is 25.7 Å². The third-order valence-electron chi connectivity index (χ3n) is 4.33. The minimum atomic E-state index is 0. The molecule has 0 aromatic heterocycles. The molecule has 112 valence electrons. The number of nitrogens with one attached hydrogen (secondary N) is 1. The fourth-order valence-corrected chi connectivity index (χ4v) is 3.00. The maximum atomic E-state index is 12.1. The number of carbonyl (C=O) groups is 1. The third kappa shape index (κ3) is 4.93. The summed E-state index contributed by atoms with van der Waals surface area (Å²) in [5, 5.41) is 3.28. The van der Waals surface area contributed by atoms with Gasteiger partial charge in [0.05, 0.1) is 0 Å². The van der Waals surface area contributed by atoms with Crippen molar-refractivity contribution in [2.24, 2.45) is 5.92 Å². The molecule has 5 heteroatoms. The first-order valence-corrected chi connectivity index (χ1v) is 7.39.